The average molecular weight is 455 g/mol. The van der Waals surface area contributed by atoms with Gasteiger partial charge in [0.15, 0.2) is 11.9 Å². The highest BCUT2D eigenvalue weighted by Gasteiger charge is 2.19. The van der Waals surface area contributed by atoms with Gasteiger partial charge in [-0.3, -0.25) is 14.4 Å². The second-order valence-electron chi connectivity index (χ2n) is 7.03. The van der Waals surface area contributed by atoms with Crippen LogP contribution in [0.5, 0.6) is 5.75 Å². The molecule has 0 fully saturated rings. The highest BCUT2D eigenvalue weighted by Crippen LogP contribution is 2.22. The van der Waals surface area contributed by atoms with Crippen LogP contribution in [0.15, 0.2) is 54.7 Å². The second-order valence-corrected chi connectivity index (χ2v) is 7.03. The number of rotatable bonds is 9. The molecule has 1 heterocycles. The first-order valence-electron chi connectivity index (χ1n) is 9.92. The molecular weight excluding hydrogens is 433 g/mol. The molecule has 1 unspecified atom stereocenters. The van der Waals surface area contributed by atoms with Crippen molar-refractivity contribution in [1.82, 2.24) is 9.78 Å². The Balaban J connectivity index is 1.73. The molecule has 0 saturated heterocycles. The van der Waals surface area contributed by atoms with Crippen molar-refractivity contribution in [3.63, 3.8) is 0 Å². The molecule has 2 aromatic carbocycles. The summed E-state index contributed by atoms with van der Waals surface area (Å²) in [6, 6.07) is 11.9. The maximum atomic E-state index is 13.2. The highest BCUT2D eigenvalue weighted by atomic mass is 19.1. The topological polar surface area (TPSA) is 123 Å². The number of esters is 2. The summed E-state index contributed by atoms with van der Waals surface area (Å²) in [5.41, 5.74) is 7.09. The Labute approximate surface area is 188 Å². The van der Waals surface area contributed by atoms with E-state index < -0.39 is 23.9 Å². The standard InChI is InChI=1S/C23H22FN3O6/c1-14(28)31-12-20(33-15(2)29)13-32-19-5-3-4-16(10-19)22(30)21-11-26-27(23(21)25)18-8-6-17(24)7-9-18/h3-11,20H,12-13,25H2,1-2H3. The van der Waals surface area contributed by atoms with E-state index in [1.54, 1.807) is 18.2 Å². The van der Waals surface area contributed by atoms with Crippen LogP contribution in [-0.4, -0.2) is 46.8 Å². The van der Waals surface area contributed by atoms with E-state index in [4.69, 9.17) is 19.9 Å². The molecule has 3 rings (SSSR count). The van der Waals surface area contributed by atoms with Crippen molar-refractivity contribution in [3.05, 3.63) is 71.7 Å². The number of hydrogen-bond donors (Lipinski definition) is 1. The van der Waals surface area contributed by atoms with Gasteiger partial charge in [0, 0.05) is 19.4 Å². The van der Waals surface area contributed by atoms with E-state index in [2.05, 4.69) is 5.10 Å². The number of nitrogens with two attached hydrogens (primary N) is 1. The van der Waals surface area contributed by atoms with Gasteiger partial charge in [-0.05, 0) is 36.4 Å². The number of halogens is 1. The zero-order chi connectivity index (χ0) is 24.0. The van der Waals surface area contributed by atoms with Gasteiger partial charge >= 0.3 is 11.9 Å². The molecule has 0 aliphatic carbocycles. The third-order valence-electron chi connectivity index (χ3n) is 4.46. The Kier molecular flexibility index (Phi) is 7.39. The van der Waals surface area contributed by atoms with Crippen LogP contribution in [0.2, 0.25) is 0 Å². The van der Waals surface area contributed by atoms with Crippen LogP contribution >= 0.6 is 0 Å². The quantitative estimate of drug-likeness (QED) is 0.386. The lowest BCUT2D eigenvalue weighted by atomic mass is 10.1. The summed E-state index contributed by atoms with van der Waals surface area (Å²) in [6.45, 7) is 2.23. The predicted molar refractivity (Wildman–Crippen MR) is 115 cm³/mol. The first kappa shape index (κ1) is 23.5. The summed E-state index contributed by atoms with van der Waals surface area (Å²) in [7, 11) is 0. The lowest BCUT2D eigenvalue weighted by Gasteiger charge is -2.17. The maximum Gasteiger partial charge on any atom is 0.303 e. The maximum absolute atomic E-state index is 13.2. The number of ether oxygens (including phenoxy) is 3. The largest absolute Gasteiger partial charge is 0.490 e. The molecule has 0 spiro atoms. The van der Waals surface area contributed by atoms with Crippen molar-refractivity contribution < 1.29 is 33.0 Å². The van der Waals surface area contributed by atoms with Crippen molar-refractivity contribution in [2.75, 3.05) is 18.9 Å². The number of nitrogen functional groups attached to an aromatic ring is 1. The first-order valence-corrected chi connectivity index (χ1v) is 9.92. The molecule has 3 aromatic rings. The van der Waals surface area contributed by atoms with Gasteiger partial charge in [0.25, 0.3) is 0 Å². The van der Waals surface area contributed by atoms with Crippen LogP contribution in [0.4, 0.5) is 10.2 Å². The van der Waals surface area contributed by atoms with Crippen molar-refractivity contribution in [3.8, 4) is 11.4 Å². The summed E-state index contributed by atoms with van der Waals surface area (Å²) in [5.74, 6) is -1.41. The average Bonchev–Trinajstić information content (AvgIpc) is 3.16. The number of nitrogens with zero attached hydrogens (tertiary/aromatic N) is 2. The van der Waals surface area contributed by atoms with E-state index in [9.17, 15) is 18.8 Å². The summed E-state index contributed by atoms with van der Waals surface area (Å²) in [5, 5.41) is 4.13. The monoisotopic (exact) mass is 455 g/mol. The van der Waals surface area contributed by atoms with Crippen molar-refractivity contribution in [1.29, 1.82) is 0 Å². The van der Waals surface area contributed by atoms with Crippen LogP contribution in [0.1, 0.15) is 29.8 Å². The SMILES string of the molecule is CC(=O)OCC(COc1cccc(C(=O)c2cnn(-c3ccc(F)cc3)c2N)c1)OC(C)=O. The smallest absolute Gasteiger partial charge is 0.303 e. The number of hydrogen-bond acceptors (Lipinski definition) is 8. The predicted octanol–water partition coefficient (Wildman–Crippen LogP) is 2.70. The minimum absolute atomic E-state index is 0.0882. The summed E-state index contributed by atoms with van der Waals surface area (Å²) >= 11 is 0. The molecule has 0 bridgehead atoms. The van der Waals surface area contributed by atoms with Gasteiger partial charge in [-0.2, -0.15) is 5.10 Å². The van der Waals surface area contributed by atoms with Gasteiger partial charge in [-0.25, -0.2) is 9.07 Å². The number of anilines is 1. The van der Waals surface area contributed by atoms with Gasteiger partial charge in [0.1, 0.15) is 30.6 Å². The zero-order valence-electron chi connectivity index (χ0n) is 18.0. The number of benzene rings is 2. The minimum Gasteiger partial charge on any atom is -0.490 e. The third kappa shape index (κ3) is 6.16. The molecule has 10 heteroatoms. The second kappa shape index (κ2) is 10.4. The van der Waals surface area contributed by atoms with Crippen LogP contribution in [-0.2, 0) is 19.1 Å². The molecule has 9 nitrogen and oxygen atoms in total. The summed E-state index contributed by atoms with van der Waals surface area (Å²) in [6.07, 6.45) is 0.528. The van der Waals surface area contributed by atoms with Gasteiger partial charge in [-0.15, -0.1) is 0 Å². The minimum atomic E-state index is -0.810. The lowest BCUT2D eigenvalue weighted by molar-refractivity contribution is -0.158. The molecule has 0 aliphatic rings. The Morgan fingerprint density at radius 2 is 1.79 bits per heavy atom. The summed E-state index contributed by atoms with van der Waals surface area (Å²) in [4.78, 5) is 35.3. The molecule has 0 radical (unpaired) electrons. The number of ketones is 1. The molecule has 172 valence electrons. The van der Waals surface area contributed by atoms with Gasteiger partial charge in [0.05, 0.1) is 17.4 Å². The fourth-order valence-electron chi connectivity index (χ4n) is 2.95. The molecule has 33 heavy (non-hydrogen) atoms. The highest BCUT2D eigenvalue weighted by molar-refractivity contribution is 6.11. The molecule has 1 aromatic heterocycles. The van der Waals surface area contributed by atoms with Crippen molar-refractivity contribution in [2.45, 2.75) is 20.0 Å². The van der Waals surface area contributed by atoms with E-state index in [1.165, 1.54) is 55.1 Å². The van der Waals surface area contributed by atoms with Crippen LogP contribution in [0, 0.1) is 5.82 Å². The van der Waals surface area contributed by atoms with E-state index in [0.29, 0.717) is 17.0 Å². The fraction of sp³-hybridized carbons (Fsp3) is 0.217. The Morgan fingerprint density at radius 1 is 1.06 bits per heavy atom. The Hall–Kier alpha value is -4.21. The van der Waals surface area contributed by atoms with E-state index >= 15 is 0 Å². The van der Waals surface area contributed by atoms with E-state index in [-0.39, 0.29) is 30.4 Å². The first-order chi connectivity index (χ1) is 15.7. The Morgan fingerprint density at radius 3 is 2.45 bits per heavy atom. The lowest BCUT2D eigenvalue weighted by Crippen LogP contribution is -2.29. The number of aromatic nitrogens is 2. The van der Waals surface area contributed by atoms with E-state index in [0.717, 1.165) is 0 Å². The third-order valence-corrected chi connectivity index (χ3v) is 4.46. The molecule has 0 amide bonds. The number of carbonyl (C=O) groups excluding carboxylic acids is 3. The zero-order valence-corrected chi connectivity index (χ0v) is 18.0. The number of carbonyl (C=O) groups is 3. The molecule has 0 saturated carbocycles. The van der Waals surface area contributed by atoms with Gasteiger partial charge in [-0.1, -0.05) is 12.1 Å². The van der Waals surface area contributed by atoms with Crippen LogP contribution in [0.3, 0.4) is 0 Å². The fourth-order valence-corrected chi connectivity index (χ4v) is 2.95. The van der Waals surface area contributed by atoms with Crippen molar-refractivity contribution >= 4 is 23.5 Å². The van der Waals surface area contributed by atoms with Crippen LogP contribution in [0.25, 0.3) is 5.69 Å². The Bertz CT molecular complexity index is 1160. The molecule has 2 N–H and O–H groups in total. The van der Waals surface area contributed by atoms with Gasteiger partial charge in [0.2, 0.25) is 0 Å². The van der Waals surface area contributed by atoms with Crippen LogP contribution < -0.4 is 10.5 Å². The normalized spacial score (nSPS) is 11.5. The molecule has 0 aliphatic heterocycles. The molecule has 1 atom stereocenters. The van der Waals surface area contributed by atoms with E-state index in [1.807, 2.05) is 0 Å². The molecular formula is C23H22FN3O6. The summed E-state index contributed by atoms with van der Waals surface area (Å²) < 4.78 is 30.1. The van der Waals surface area contributed by atoms with Crippen molar-refractivity contribution in [2.24, 2.45) is 0 Å². The van der Waals surface area contributed by atoms with Gasteiger partial charge < -0.3 is 19.9 Å².